The van der Waals surface area contributed by atoms with Gasteiger partial charge in [0.15, 0.2) is 0 Å². The molecule has 0 amide bonds. The molecule has 0 bridgehead atoms. The quantitative estimate of drug-likeness (QED) is 0.802. The van der Waals surface area contributed by atoms with Crippen molar-refractivity contribution in [2.75, 3.05) is 14.1 Å². The summed E-state index contributed by atoms with van der Waals surface area (Å²) in [6.45, 7) is 3.07. The predicted molar refractivity (Wildman–Crippen MR) is 90.0 cm³/mol. The van der Waals surface area contributed by atoms with Crippen LogP contribution in [-0.4, -0.2) is 39.7 Å². The van der Waals surface area contributed by atoms with Crippen LogP contribution in [0.3, 0.4) is 0 Å². The molecule has 0 aliphatic heterocycles. The summed E-state index contributed by atoms with van der Waals surface area (Å²) in [5, 5.41) is 9.50. The molecule has 0 spiro atoms. The van der Waals surface area contributed by atoms with Crippen LogP contribution in [0.2, 0.25) is 0 Å². The third-order valence-electron chi connectivity index (χ3n) is 4.11. The highest BCUT2D eigenvalue weighted by molar-refractivity contribution is 5.80. The second-order valence-corrected chi connectivity index (χ2v) is 5.89. The zero-order valence-electron chi connectivity index (χ0n) is 13.2. The van der Waals surface area contributed by atoms with E-state index in [1.807, 2.05) is 30.3 Å². The van der Waals surface area contributed by atoms with Gasteiger partial charge in [-0.15, -0.1) is 0 Å². The first-order valence-electron chi connectivity index (χ1n) is 7.47. The van der Waals surface area contributed by atoms with Gasteiger partial charge in [-0.2, -0.15) is 0 Å². The van der Waals surface area contributed by atoms with Crippen LogP contribution in [0.25, 0.3) is 22.4 Å². The number of benzene rings is 2. The fraction of sp³-hybridized carbons (Fsp3) is 0.278. The molecule has 2 aromatic carbocycles. The fourth-order valence-corrected chi connectivity index (χ4v) is 2.52. The van der Waals surface area contributed by atoms with Crippen LogP contribution >= 0.6 is 0 Å². The Morgan fingerprint density at radius 2 is 1.77 bits per heavy atom. The van der Waals surface area contributed by atoms with Crippen LogP contribution in [0.1, 0.15) is 6.92 Å². The number of likely N-dealkylation sites (N-methyl/N-ethyl adjacent to an activating group) is 1. The van der Waals surface area contributed by atoms with Gasteiger partial charge in [0.2, 0.25) is 0 Å². The van der Waals surface area contributed by atoms with E-state index in [2.05, 4.69) is 36.6 Å². The van der Waals surface area contributed by atoms with E-state index < -0.39 is 0 Å². The Morgan fingerprint density at radius 3 is 2.45 bits per heavy atom. The number of fused-ring (bicyclic) bond motifs is 1. The summed E-state index contributed by atoms with van der Waals surface area (Å²) in [5.41, 5.74) is 3.15. The maximum absolute atomic E-state index is 9.50. The molecule has 3 aromatic rings. The lowest BCUT2D eigenvalue weighted by Crippen LogP contribution is -2.29. The van der Waals surface area contributed by atoms with Crippen molar-refractivity contribution in [3.05, 3.63) is 48.5 Å². The summed E-state index contributed by atoms with van der Waals surface area (Å²) >= 11 is 0. The Morgan fingerprint density at radius 1 is 1.09 bits per heavy atom. The van der Waals surface area contributed by atoms with Gasteiger partial charge in [-0.3, -0.25) is 0 Å². The number of para-hydroxylation sites is 2. The molecular weight excluding hydrogens is 274 g/mol. The summed E-state index contributed by atoms with van der Waals surface area (Å²) in [4.78, 5) is 6.99. The number of nitrogens with zero attached hydrogens (tertiary/aromatic N) is 3. The SMILES string of the molecule is CC(Cn1c(-c2ccc(O)cc2)nc2ccccc21)N(C)C. The average Bonchev–Trinajstić information content (AvgIpc) is 2.87. The van der Waals surface area contributed by atoms with E-state index in [0.717, 1.165) is 29.0 Å². The van der Waals surface area contributed by atoms with Crippen LogP contribution < -0.4 is 0 Å². The van der Waals surface area contributed by atoms with E-state index in [4.69, 9.17) is 4.98 Å². The van der Waals surface area contributed by atoms with E-state index in [0.29, 0.717) is 6.04 Å². The van der Waals surface area contributed by atoms with Gasteiger partial charge < -0.3 is 14.6 Å². The number of rotatable bonds is 4. The lowest BCUT2D eigenvalue weighted by atomic mass is 10.2. The van der Waals surface area contributed by atoms with Gasteiger partial charge >= 0.3 is 0 Å². The summed E-state index contributed by atoms with van der Waals surface area (Å²) in [6, 6.07) is 15.8. The highest BCUT2D eigenvalue weighted by Crippen LogP contribution is 2.26. The van der Waals surface area contributed by atoms with Crippen LogP contribution in [0.15, 0.2) is 48.5 Å². The van der Waals surface area contributed by atoms with Crippen molar-refractivity contribution >= 4 is 11.0 Å². The number of hydrogen-bond donors (Lipinski definition) is 1. The second kappa shape index (κ2) is 5.81. The largest absolute Gasteiger partial charge is 0.508 e. The zero-order valence-corrected chi connectivity index (χ0v) is 13.2. The number of phenols is 1. The van der Waals surface area contributed by atoms with Gasteiger partial charge in [0.05, 0.1) is 11.0 Å². The topological polar surface area (TPSA) is 41.3 Å². The fourth-order valence-electron chi connectivity index (χ4n) is 2.52. The predicted octanol–water partition coefficient (Wildman–Crippen LogP) is 3.36. The van der Waals surface area contributed by atoms with Crippen molar-refractivity contribution in [2.24, 2.45) is 0 Å². The minimum atomic E-state index is 0.271. The number of phenolic OH excluding ortho intramolecular Hbond substituents is 1. The van der Waals surface area contributed by atoms with E-state index in [9.17, 15) is 5.11 Å². The highest BCUT2D eigenvalue weighted by atomic mass is 16.3. The Labute approximate surface area is 130 Å². The van der Waals surface area contributed by atoms with Crippen molar-refractivity contribution in [3.63, 3.8) is 0 Å². The summed E-state index contributed by atoms with van der Waals surface area (Å²) < 4.78 is 2.26. The molecule has 1 heterocycles. The van der Waals surface area contributed by atoms with E-state index in [-0.39, 0.29) is 5.75 Å². The van der Waals surface area contributed by atoms with E-state index in [1.54, 1.807) is 12.1 Å². The standard InChI is InChI=1S/C18H21N3O/c1-13(20(2)3)12-21-17-7-5-4-6-16(17)19-18(21)14-8-10-15(22)11-9-14/h4-11,13,22H,12H2,1-3H3. The molecule has 0 saturated heterocycles. The third kappa shape index (κ3) is 2.70. The molecule has 0 radical (unpaired) electrons. The van der Waals surface area contributed by atoms with Crippen LogP contribution in [0, 0.1) is 0 Å². The molecule has 4 nitrogen and oxygen atoms in total. The smallest absolute Gasteiger partial charge is 0.141 e. The third-order valence-corrected chi connectivity index (χ3v) is 4.11. The zero-order chi connectivity index (χ0) is 15.7. The average molecular weight is 295 g/mol. The molecule has 114 valence electrons. The molecule has 1 unspecified atom stereocenters. The van der Waals surface area contributed by atoms with Crippen LogP contribution in [0.5, 0.6) is 5.75 Å². The molecule has 0 aliphatic carbocycles. The molecule has 1 atom stereocenters. The highest BCUT2D eigenvalue weighted by Gasteiger charge is 2.15. The molecule has 1 N–H and O–H groups in total. The molecule has 0 fully saturated rings. The Bertz CT molecular complexity index is 775. The van der Waals surface area contributed by atoms with Gasteiger partial charge in [0.25, 0.3) is 0 Å². The molecule has 4 heteroatoms. The summed E-state index contributed by atoms with van der Waals surface area (Å²) in [6.07, 6.45) is 0. The first-order chi connectivity index (χ1) is 10.6. The monoisotopic (exact) mass is 295 g/mol. The maximum atomic E-state index is 9.50. The van der Waals surface area contributed by atoms with Crippen molar-refractivity contribution < 1.29 is 5.11 Å². The van der Waals surface area contributed by atoms with Crippen LogP contribution in [-0.2, 0) is 6.54 Å². The number of imidazole rings is 1. The molecule has 3 rings (SSSR count). The molecule has 0 saturated carbocycles. The minimum Gasteiger partial charge on any atom is -0.508 e. The molecule has 0 aliphatic rings. The van der Waals surface area contributed by atoms with Gasteiger partial charge in [-0.05, 0) is 57.4 Å². The van der Waals surface area contributed by atoms with E-state index in [1.165, 1.54) is 0 Å². The lowest BCUT2D eigenvalue weighted by molar-refractivity contribution is 0.287. The molecule has 22 heavy (non-hydrogen) atoms. The van der Waals surface area contributed by atoms with Crippen molar-refractivity contribution in [1.82, 2.24) is 14.5 Å². The maximum Gasteiger partial charge on any atom is 0.141 e. The van der Waals surface area contributed by atoms with E-state index >= 15 is 0 Å². The Kier molecular flexibility index (Phi) is 3.86. The number of aromatic hydroxyl groups is 1. The number of aromatic nitrogens is 2. The first kappa shape index (κ1) is 14.6. The van der Waals surface area contributed by atoms with Crippen molar-refractivity contribution in [2.45, 2.75) is 19.5 Å². The summed E-state index contributed by atoms with van der Waals surface area (Å²) in [5.74, 6) is 1.21. The molecule has 1 aromatic heterocycles. The van der Waals surface area contributed by atoms with Gasteiger partial charge in [-0.1, -0.05) is 12.1 Å². The normalized spacial score (nSPS) is 12.9. The number of hydrogen-bond acceptors (Lipinski definition) is 3. The van der Waals surface area contributed by atoms with Crippen LogP contribution in [0.4, 0.5) is 0 Å². The van der Waals surface area contributed by atoms with Crippen molar-refractivity contribution in [1.29, 1.82) is 0 Å². The molecular formula is C18H21N3O. The second-order valence-electron chi connectivity index (χ2n) is 5.89. The van der Waals surface area contributed by atoms with Gasteiger partial charge in [0, 0.05) is 18.2 Å². The van der Waals surface area contributed by atoms with Gasteiger partial charge in [-0.25, -0.2) is 4.98 Å². The first-order valence-corrected chi connectivity index (χ1v) is 7.47. The Balaban J connectivity index is 2.14. The van der Waals surface area contributed by atoms with Gasteiger partial charge in [0.1, 0.15) is 11.6 Å². The van der Waals surface area contributed by atoms with Crippen molar-refractivity contribution in [3.8, 4) is 17.1 Å². The lowest BCUT2D eigenvalue weighted by Gasteiger charge is -2.21. The Hall–Kier alpha value is -2.33. The summed E-state index contributed by atoms with van der Waals surface area (Å²) in [7, 11) is 4.17. The minimum absolute atomic E-state index is 0.271.